The molecule has 5 rings (SSSR count). The number of hydrogen-bond acceptors (Lipinski definition) is 4. The number of rotatable bonds is 2. The molecule has 0 radical (unpaired) electrons. The van der Waals surface area contributed by atoms with E-state index in [4.69, 9.17) is 16.3 Å². The summed E-state index contributed by atoms with van der Waals surface area (Å²) in [6.45, 7) is 1.70. The minimum absolute atomic E-state index is 0.232. The molecule has 0 fully saturated rings. The molecule has 5 nitrogen and oxygen atoms in total. The Labute approximate surface area is 172 Å². The van der Waals surface area contributed by atoms with Crippen LogP contribution in [0.4, 0.5) is 11.4 Å². The maximum Gasteiger partial charge on any atom is 0.344 e. The summed E-state index contributed by atoms with van der Waals surface area (Å²) in [5.74, 6) is -0.151. The third kappa shape index (κ3) is 2.66. The van der Waals surface area contributed by atoms with Gasteiger partial charge in [-0.2, -0.15) is 0 Å². The van der Waals surface area contributed by atoms with Crippen molar-refractivity contribution in [3.05, 3.63) is 89.2 Å². The number of para-hydroxylation sites is 1. The quantitative estimate of drug-likeness (QED) is 0.452. The highest BCUT2D eigenvalue weighted by molar-refractivity contribution is 6.40. The molecule has 0 saturated heterocycles. The number of ether oxygens (including phenoxy) is 1. The Balaban J connectivity index is 1.57. The number of hydrogen-bond donors (Lipinski definition) is 0. The van der Waals surface area contributed by atoms with Crippen molar-refractivity contribution in [1.82, 2.24) is 4.98 Å². The van der Waals surface area contributed by atoms with Crippen LogP contribution < -0.4 is 4.90 Å². The van der Waals surface area contributed by atoms with Crippen LogP contribution in [-0.4, -0.2) is 16.9 Å². The van der Waals surface area contributed by atoms with Crippen LogP contribution in [0.15, 0.2) is 67.0 Å². The number of amides is 1. The Morgan fingerprint density at radius 2 is 1.76 bits per heavy atom. The van der Waals surface area contributed by atoms with Gasteiger partial charge in [-0.15, -0.1) is 11.6 Å². The molecular formula is C23H15ClN2O3. The van der Waals surface area contributed by atoms with Crippen molar-refractivity contribution in [2.75, 3.05) is 4.90 Å². The van der Waals surface area contributed by atoms with Crippen molar-refractivity contribution in [2.24, 2.45) is 0 Å². The van der Waals surface area contributed by atoms with Gasteiger partial charge in [0.2, 0.25) is 0 Å². The fourth-order valence-corrected chi connectivity index (χ4v) is 3.99. The molecule has 2 aromatic carbocycles. The van der Waals surface area contributed by atoms with Gasteiger partial charge in [-0.25, -0.2) is 4.79 Å². The highest BCUT2D eigenvalue weighted by Gasteiger charge is 2.46. The fourth-order valence-electron chi connectivity index (χ4n) is 3.75. The van der Waals surface area contributed by atoms with Crippen molar-refractivity contribution in [3.63, 3.8) is 0 Å². The molecule has 1 atom stereocenters. The zero-order valence-corrected chi connectivity index (χ0v) is 16.2. The highest BCUT2D eigenvalue weighted by atomic mass is 35.5. The largest absolute Gasteiger partial charge is 0.422 e. The van der Waals surface area contributed by atoms with E-state index in [1.54, 1.807) is 42.4 Å². The number of pyridine rings is 1. The van der Waals surface area contributed by atoms with Gasteiger partial charge in [0.1, 0.15) is 10.6 Å². The first kappa shape index (κ1) is 17.6. The van der Waals surface area contributed by atoms with E-state index in [1.807, 2.05) is 42.5 Å². The predicted molar refractivity (Wildman–Crippen MR) is 111 cm³/mol. The first-order valence-electron chi connectivity index (χ1n) is 9.08. The van der Waals surface area contributed by atoms with Crippen molar-refractivity contribution in [2.45, 2.75) is 11.8 Å². The summed E-state index contributed by atoms with van der Waals surface area (Å²) in [6, 6.07) is 16.5. The number of aromatic nitrogens is 1. The molecule has 29 heavy (non-hydrogen) atoms. The van der Waals surface area contributed by atoms with Crippen LogP contribution >= 0.6 is 11.6 Å². The summed E-state index contributed by atoms with van der Waals surface area (Å²) < 4.78 is 5.40. The Kier molecular flexibility index (Phi) is 3.83. The smallest absolute Gasteiger partial charge is 0.344 e. The van der Waals surface area contributed by atoms with E-state index >= 15 is 0 Å². The third-order valence-corrected chi connectivity index (χ3v) is 5.54. The molecule has 1 amide bonds. The van der Waals surface area contributed by atoms with Gasteiger partial charge in [-0.3, -0.25) is 14.7 Å². The minimum atomic E-state index is -1.13. The third-order valence-electron chi connectivity index (χ3n) is 5.17. The zero-order valence-electron chi connectivity index (χ0n) is 15.4. The molecule has 1 unspecified atom stereocenters. The second-order valence-electron chi connectivity index (χ2n) is 7.08. The number of fused-ring (bicyclic) bond motifs is 2. The van der Waals surface area contributed by atoms with E-state index in [9.17, 15) is 9.59 Å². The molecule has 142 valence electrons. The SMILES string of the molecule is CC1(Cl)C(=O)N(c2cncc(/C=C3\OC(=O)c4ccccc43)c2)c2ccccc21. The van der Waals surface area contributed by atoms with Crippen LogP contribution in [0.2, 0.25) is 0 Å². The lowest BCUT2D eigenvalue weighted by Gasteiger charge is -2.19. The Bertz CT molecular complexity index is 1220. The van der Waals surface area contributed by atoms with Gasteiger partial charge in [0, 0.05) is 17.3 Å². The number of cyclic esters (lactones) is 1. The number of carbonyl (C=O) groups is 2. The lowest BCUT2D eigenvalue weighted by Crippen LogP contribution is -2.31. The second-order valence-corrected chi connectivity index (χ2v) is 7.84. The van der Waals surface area contributed by atoms with E-state index in [-0.39, 0.29) is 11.9 Å². The predicted octanol–water partition coefficient (Wildman–Crippen LogP) is 4.88. The molecule has 0 bridgehead atoms. The van der Waals surface area contributed by atoms with E-state index in [1.165, 1.54) is 0 Å². The Morgan fingerprint density at radius 1 is 1.03 bits per heavy atom. The molecule has 0 spiro atoms. The zero-order chi connectivity index (χ0) is 20.2. The summed E-state index contributed by atoms with van der Waals surface area (Å²) in [4.78, 5) is 29.8. The van der Waals surface area contributed by atoms with Gasteiger partial charge < -0.3 is 4.74 Å². The highest BCUT2D eigenvalue weighted by Crippen LogP contribution is 2.47. The maximum atomic E-state index is 13.0. The number of esters is 1. The van der Waals surface area contributed by atoms with Crippen LogP contribution in [0.5, 0.6) is 0 Å². The normalized spacial score (nSPS) is 21.3. The molecule has 0 aliphatic carbocycles. The monoisotopic (exact) mass is 402 g/mol. The van der Waals surface area contributed by atoms with Crippen LogP contribution in [0, 0.1) is 0 Å². The Hall–Kier alpha value is -3.44. The van der Waals surface area contributed by atoms with Crippen molar-refractivity contribution >= 4 is 46.7 Å². The number of alkyl halides is 1. The minimum Gasteiger partial charge on any atom is -0.422 e. The summed E-state index contributed by atoms with van der Waals surface area (Å²) in [6.07, 6.45) is 5.01. The summed E-state index contributed by atoms with van der Waals surface area (Å²) in [7, 11) is 0. The molecule has 6 heteroatoms. The van der Waals surface area contributed by atoms with Gasteiger partial charge in [-0.1, -0.05) is 36.4 Å². The molecule has 3 aromatic rings. The van der Waals surface area contributed by atoms with Crippen molar-refractivity contribution in [3.8, 4) is 0 Å². The number of benzene rings is 2. The van der Waals surface area contributed by atoms with Crippen LogP contribution in [-0.2, 0) is 14.4 Å². The molecule has 3 heterocycles. The maximum absolute atomic E-state index is 13.0. The van der Waals surface area contributed by atoms with Gasteiger partial charge in [-0.05, 0) is 36.8 Å². The average Bonchev–Trinajstić information content (AvgIpc) is 3.14. The fraction of sp³-hybridized carbons (Fsp3) is 0.0870. The molecule has 1 aromatic heterocycles. The summed E-state index contributed by atoms with van der Waals surface area (Å²) in [5, 5.41) is 0. The van der Waals surface area contributed by atoms with E-state index in [2.05, 4.69) is 4.98 Å². The van der Waals surface area contributed by atoms with Gasteiger partial charge in [0.05, 0.1) is 23.1 Å². The van der Waals surface area contributed by atoms with Crippen molar-refractivity contribution in [1.29, 1.82) is 0 Å². The second kappa shape index (κ2) is 6.29. The van der Waals surface area contributed by atoms with Crippen LogP contribution in [0.1, 0.15) is 34.0 Å². The lowest BCUT2D eigenvalue weighted by molar-refractivity contribution is -0.119. The summed E-state index contributed by atoms with van der Waals surface area (Å²) >= 11 is 6.56. The molecule has 2 aliphatic heterocycles. The molecule has 0 N–H and O–H groups in total. The van der Waals surface area contributed by atoms with Gasteiger partial charge in [0.25, 0.3) is 5.91 Å². The van der Waals surface area contributed by atoms with E-state index in [0.717, 1.165) is 16.8 Å². The van der Waals surface area contributed by atoms with Gasteiger partial charge >= 0.3 is 5.97 Å². The topological polar surface area (TPSA) is 59.5 Å². The lowest BCUT2D eigenvalue weighted by atomic mass is 10.0. The number of carbonyl (C=O) groups excluding carboxylic acids is 2. The van der Waals surface area contributed by atoms with Crippen LogP contribution in [0.3, 0.4) is 0 Å². The van der Waals surface area contributed by atoms with E-state index in [0.29, 0.717) is 22.6 Å². The Morgan fingerprint density at radius 3 is 2.59 bits per heavy atom. The first-order valence-corrected chi connectivity index (χ1v) is 9.46. The number of halogens is 1. The average molecular weight is 403 g/mol. The molecule has 0 saturated carbocycles. The summed E-state index contributed by atoms with van der Waals surface area (Å²) in [5.41, 5.74) is 4.06. The van der Waals surface area contributed by atoms with Crippen molar-refractivity contribution < 1.29 is 14.3 Å². The molecular weight excluding hydrogens is 388 g/mol. The number of anilines is 2. The number of nitrogens with zero attached hydrogens (tertiary/aromatic N) is 2. The first-order chi connectivity index (χ1) is 14.0. The molecule has 2 aliphatic rings. The van der Waals surface area contributed by atoms with E-state index < -0.39 is 4.87 Å². The van der Waals surface area contributed by atoms with Crippen LogP contribution in [0.25, 0.3) is 11.8 Å². The van der Waals surface area contributed by atoms with Gasteiger partial charge in [0.15, 0.2) is 0 Å². The standard InChI is InChI=1S/C23H15ClN2O3/c1-23(24)18-8-4-5-9-19(18)26(22(23)28)15-10-14(12-25-13-15)11-20-16-6-2-3-7-17(16)21(27)29-20/h2-13H,1H3/b20-11-.